The number of rotatable bonds is 15. The quantitative estimate of drug-likeness (QED) is 0.219. The van der Waals surface area contributed by atoms with Crippen LogP contribution in [0.2, 0.25) is 10.0 Å². The lowest BCUT2D eigenvalue weighted by Crippen LogP contribution is -2.63. The minimum atomic E-state index is -3.28. The summed E-state index contributed by atoms with van der Waals surface area (Å²) in [6.07, 6.45) is 2.00. The maximum Gasteiger partial charge on any atom is 0.519 e. The maximum atomic E-state index is 11.0. The van der Waals surface area contributed by atoms with Gasteiger partial charge in [-0.25, -0.2) is 0 Å². The van der Waals surface area contributed by atoms with Crippen molar-refractivity contribution in [3.05, 3.63) is 57.6 Å². The molecule has 202 valence electrons. The summed E-state index contributed by atoms with van der Waals surface area (Å²) in [6, 6.07) is 10.3. The van der Waals surface area contributed by atoms with Crippen LogP contribution in [0, 0.1) is 0 Å². The zero-order valence-corrected chi connectivity index (χ0v) is 24.8. The minimum absolute atomic E-state index is 0.0486. The van der Waals surface area contributed by atoms with E-state index in [9.17, 15) is 10.2 Å². The highest BCUT2D eigenvalue weighted by molar-refractivity contribution is 6.62. The van der Waals surface area contributed by atoms with Crippen molar-refractivity contribution in [3.8, 4) is 11.5 Å². The van der Waals surface area contributed by atoms with Crippen LogP contribution in [0.1, 0.15) is 84.0 Å². The predicted octanol–water partition coefficient (Wildman–Crippen LogP) is 7.68. The molecule has 2 rings (SSSR count). The molecule has 0 amide bonds. The molecule has 0 bridgehead atoms. The molecule has 0 radical (unpaired) electrons. The number of halogens is 2. The Kier molecular flexibility index (Phi) is 12.5. The normalized spacial score (nSPS) is 14.7. The fraction of sp³-hybridized carbons (Fsp3) is 0.556. The zero-order chi connectivity index (χ0) is 26.9. The molecule has 2 aromatic rings. The second-order valence-electron chi connectivity index (χ2n) is 8.48. The van der Waals surface area contributed by atoms with Gasteiger partial charge in [-0.05, 0) is 52.2 Å². The van der Waals surface area contributed by atoms with E-state index in [2.05, 4.69) is 25.7 Å². The summed E-state index contributed by atoms with van der Waals surface area (Å²) in [5.74, 6) is 0.0973. The van der Waals surface area contributed by atoms with Crippen molar-refractivity contribution in [1.29, 1.82) is 0 Å². The topological polar surface area (TPSA) is 71.4 Å². The van der Waals surface area contributed by atoms with Crippen LogP contribution in [-0.2, 0) is 13.3 Å². The van der Waals surface area contributed by atoms with Crippen LogP contribution in [0.25, 0.3) is 0 Å². The van der Waals surface area contributed by atoms with Gasteiger partial charge in [0, 0.05) is 43.0 Å². The van der Waals surface area contributed by atoms with E-state index < -0.39 is 8.80 Å². The standard InChI is InChI=1S/C27H41Cl2NO5Si/c1-7-23(19-15-13-17-21(28)26(19)31)30(24(8-2)20-16-14-18-22(29)27(20)32)25(9-3)36(33-10-4,34-11-5)35-12-6/h13-18,23-25,31-32H,7-12H2,1-6H3. The molecule has 0 aromatic heterocycles. The lowest BCUT2D eigenvalue weighted by molar-refractivity contribution is 0.00356. The van der Waals surface area contributed by atoms with Crippen molar-refractivity contribution in [2.75, 3.05) is 19.8 Å². The van der Waals surface area contributed by atoms with Crippen LogP contribution in [0.4, 0.5) is 0 Å². The van der Waals surface area contributed by atoms with E-state index in [1.54, 1.807) is 12.1 Å². The number of phenols is 2. The second kappa shape index (κ2) is 14.6. The molecular weight excluding hydrogens is 517 g/mol. The fourth-order valence-corrected chi connectivity index (χ4v) is 8.72. The molecule has 0 fully saturated rings. The fourth-order valence-electron chi connectivity index (χ4n) is 5.10. The molecule has 2 N–H and O–H groups in total. The molecule has 0 aliphatic heterocycles. The molecule has 0 heterocycles. The van der Waals surface area contributed by atoms with Crippen LogP contribution in [-0.4, -0.2) is 49.4 Å². The molecule has 9 heteroatoms. The van der Waals surface area contributed by atoms with Gasteiger partial charge in [0.25, 0.3) is 0 Å². The summed E-state index contributed by atoms with van der Waals surface area (Å²) >= 11 is 12.7. The molecule has 0 aliphatic carbocycles. The Balaban J connectivity index is 2.88. The highest BCUT2D eigenvalue weighted by Gasteiger charge is 2.54. The molecule has 0 saturated heterocycles. The first-order valence-electron chi connectivity index (χ1n) is 12.9. The van der Waals surface area contributed by atoms with Crippen molar-refractivity contribution in [1.82, 2.24) is 4.90 Å². The van der Waals surface area contributed by atoms with E-state index in [4.69, 9.17) is 36.5 Å². The Morgan fingerprint density at radius 1 is 0.694 bits per heavy atom. The highest BCUT2D eigenvalue weighted by Crippen LogP contribution is 2.46. The summed E-state index contributed by atoms with van der Waals surface area (Å²) < 4.78 is 19.2. The zero-order valence-electron chi connectivity index (χ0n) is 22.3. The summed E-state index contributed by atoms with van der Waals surface area (Å²) in [4.78, 5) is 2.30. The first-order valence-corrected chi connectivity index (χ1v) is 15.5. The summed E-state index contributed by atoms with van der Waals surface area (Å²) in [6.45, 7) is 13.4. The summed E-state index contributed by atoms with van der Waals surface area (Å²) in [5.41, 5.74) is 1.13. The predicted molar refractivity (Wildman–Crippen MR) is 149 cm³/mol. The van der Waals surface area contributed by atoms with Crippen molar-refractivity contribution in [2.45, 2.75) is 78.6 Å². The summed E-state index contributed by atoms with van der Waals surface area (Å²) in [7, 11) is -3.28. The third-order valence-corrected chi connectivity index (χ3v) is 10.6. The number of phenolic OH excluding ortho intramolecular Hbond substituents is 2. The van der Waals surface area contributed by atoms with Gasteiger partial charge in [-0.3, -0.25) is 4.90 Å². The van der Waals surface area contributed by atoms with Gasteiger partial charge in [-0.2, -0.15) is 0 Å². The molecule has 6 nitrogen and oxygen atoms in total. The molecule has 0 aliphatic rings. The average Bonchev–Trinajstić information content (AvgIpc) is 2.85. The van der Waals surface area contributed by atoms with E-state index in [0.717, 1.165) is 0 Å². The van der Waals surface area contributed by atoms with Crippen LogP contribution >= 0.6 is 23.2 Å². The molecule has 0 spiro atoms. The number of hydrogen-bond donors (Lipinski definition) is 2. The second-order valence-corrected chi connectivity index (χ2v) is 12.0. The van der Waals surface area contributed by atoms with E-state index in [1.807, 2.05) is 45.0 Å². The highest BCUT2D eigenvalue weighted by atomic mass is 35.5. The maximum absolute atomic E-state index is 11.0. The van der Waals surface area contributed by atoms with Crippen molar-refractivity contribution in [3.63, 3.8) is 0 Å². The van der Waals surface area contributed by atoms with Crippen LogP contribution in [0.5, 0.6) is 11.5 Å². The number of aromatic hydroxyl groups is 2. The van der Waals surface area contributed by atoms with Crippen LogP contribution in [0.15, 0.2) is 36.4 Å². The van der Waals surface area contributed by atoms with E-state index >= 15 is 0 Å². The summed E-state index contributed by atoms with van der Waals surface area (Å²) in [5, 5.41) is 22.6. The van der Waals surface area contributed by atoms with Crippen LogP contribution < -0.4 is 0 Å². The molecule has 0 saturated carbocycles. The van der Waals surface area contributed by atoms with Gasteiger partial charge < -0.3 is 23.5 Å². The van der Waals surface area contributed by atoms with Crippen molar-refractivity contribution >= 4 is 32.0 Å². The van der Waals surface area contributed by atoms with E-state index in [0.29, 0.717) is 60.3 Å². The lowest BCUT2D eigenvalue weighted by atomic mass is 9.94. The van der Waals surface area contributed by atoms with Gasteiger partial charge >= 0.3 is 8.80 Å². The third kappa shape index (κ3) is 6.56. The monoisotopic (exact) mass is 557 g/mol. The Labute approximate surface area is 227 Å². The molecule has 3 atom stereocenters. The molecule has 3 unspecified atom stereocenters. The minimum Gasteiger partial charge on any atom is -0.506 e. The molecular formula is C27H41Cl2NO5Si. The average molecular weight is 559 g/mol. The Morgan fingerprint density at radius 3 is 1.39 bits per heavy atom. The number of para-hydroxylation sites is 2. The molecule has 2 aromatic carbocycles. The SMILES string of the molecule is CCO[Si](OCC)(OCC)C(CC)N(C(CC)c1cccc(Cl)c1O)C(CC)c1cccc(Cl)c1O. The Morgan fingerprint density at radius 2 is 1.08 bits per heavy atom. The van der Waals surface area contributed by atoms with Gasteiger partial charge in [-0.1, -0.05) is 68.2 Å². The van der Waals surface area contributed by atoms with Gasteiger partial charge in [-0.15, -0.1) is 0 Å². The third-order valence-electron chi connectivity index (χ3n) is 6.44. The van der Waals surface area contributed by atoms with Gasteiger partial charge in [0.2, 0.25) is 0 Å². The number of hydrogen-bond acceptors (Lipinski definition) is 6. The molecule has 36 heavy (non-hydrogen) atoms. The smallest absolute Gasteiger partial charge is 0.506 e. The van der Waals surface area contributed by atoms with Gasteiger partial charge in [0.1, 0.15) is 11.5 Å². The van der Waals surface area contributed by atoms with E-state index in [1.165, 1.54) is 0 Å². The number of benzene rings is 2. The Bertz CT molecular complexity index is 887. The largest absolute Gasteiger partial charge is 0.519 e. The van der Waals surface area contributed by atoms with Gasteiger partial charge in [0.15, 0.2) is 0 Å². The number of nitrogens with zero attached hydrogens (tertiary/aromatic N) is 1. The van der Waals surface area contributed by atoms with Crippen molar-refractivity contribution in [2.24, 2.45) is 0 Å². The first kappa shape index (κ1) is 30.9. The van der Waals surface area contributed by atoms with Crippen molar-refractivity contribution < 1.29 is 23.5 Å². The van der Waals surface area contributed by atoms with Crippen LogP contribution in [0.3, 0.4) is 0 Å². The Hall–Kier alpha value is -1.32. The van der Waals surface area contributed by atoms with Gasteiger partial charge in [0.05, 0.1) is 15.7 Å². The lowest BCUT2D eigenvalue weighted by Gasteiger charge is -2.48. The first-order chi connectivity index (χ1) is 17.3. The van der Waals surface area contributed by atoms with E-state index in [-0.39, 0.29) is 29.2 Å².